The predicted molar refractivity (Wildman–Crippen MR) is 102 cm³/mol. The fourth-order valence-electron chi connectivity index (χ4n) is 3.50. The van der Waals surface area contributed by atoms with E-state index >= 15 is 0 Å². The first-order valence-electron chi connectivity index (χ1n) is 9.09. The summed E-state index contributed by atoms with van der Waals surface area (Å²) >= 11 is 0. The van der Waals surface area contributed by atoms with Gasteiger partial charge in [0, 0.05) is 29.6 Å². The Balaban J connectivity index is 1.63. The van der Waals surface area contributed by atoms with Crippen LogP contribution in [0.2, 0.25) is 0 Å². The summed E-state index contributed by atoms with van der Waals surface area (Å²) in [7, 11) is -3.12. The van der Waals surface area contributed by atoms with E-state index in [2.05, 4.69) is 0 Å². The number of hydrogen-bond donors (Lipinski definition) is 1. The lowest BCUT2D eigenvalue weighted by atomic mass is 10.1. The highest BCUT2D eigenvalue weighted by Crippen LogP contribution is 2.25. The van der Waals surface area contributed by atoms with Crippen LogP contribution in [-0.2, 0) is 30.6 Å². The van der Waals surface area contributed by atoms with Gasteiger partial charge < -0.3 is 19.2 Å². The molecule has 1 aromatic carbocycles. The third kappa shape index (κ3) is 4.30. The molecule has 1 amide bonds. The van der Waals surface area contributed by atoms with Crippen molar-refractivity contribution < 1.29 is 32.3 Å². The molecule has 0 unspecified atom stereocenters. The van der Waals surface area contributed by atoms with Crippen molar-refractivity contribution >= 4 is 32.7 Å². The number of esters is 1. The van der Waals surface area contributed by atoms with Crippen LogP contribution in [0.15, 0.2) is 28.9 Å². The number of amides is 1. The first kappa shape index (κ1) is 20.2. The maximum Gasteiger partial charge on any atom is 0.311 e. The van der Waals surface area contributed by atoms with E-state index in [1.54, 1.807) is 13.0 Å². The number of aromatic hydroxyl groups is 1. The van der Waals surface area contributed by atoms with Gasteiger partial charge in [0.25, 0.3) is 5.91 Å². The summed E-state index contributed by atoms with van der Waals surface area (Å²) in [5.74, 6) is -0.921. The van der Waals surface area contributed by atoms with Crippen molar-refractivity contribution in [1.82, 2.24) is 4.90 Å². The highest BCUT2D eigenvalue weighted by Gasteiger charge is 2.36. The number of rotatable bonds is 6. The Hall–Kier alpha value is -2.55. The van der Waals surface area contributed by atoms with Crippen LogP contribution in [0, 0.1) is 0 Å². The van der Waals surface area contributed by atoms with Crippen molar-refractivity contribution in [3.8, 4) is 5.75 Å². The van der Waals surface area contributed by atoms with Gasteiger partial charge in [-0.3, -0.25) is 9.59 Å². The quantitative estimate of drug-likeness (QED) is 0.722. The van der Waals surface area contributed by atoms with Gasteiger partial charge in [-0.1, -0.05) is 0 Å². The first-order chi connectivity index (χ1) is 13.2. The minimum atomic E-state index is -3.12. The standard InChI is InChI=1S/C19H23NO7S/c1-3-20(14-6-7-28(24,25)11-14)19(23)12(2)27-18(22)8-13-10-26-17-9-15(21)4-5-16(13)17/h4-5,9-10,12,14,21H,3,6-8,11H2,1-2H3/t12-,14+/m0/s1. The second-order valence-electron chi connectivity index (χ2n) is 6.93. The van der Waals surface area contributed by atoms with E-state index in [4.69, 9.17) is 9.15 Å². The molecule has 1 saturated heterocycles. The van der Waals surface area contributed by atoms with Crippen LogP contribution < -0.4 is 0 Å². The summed E-state index contributed by atoms with van der Waals surface area (Å²) in [6.07, 6.45) is 0.716. The number of nitrogens with zero attached hydrogens (tertiary/aromatic N) is 1. The lowest BCUT2D eigenvalue weighted by molar-refractivity contribution is -0.159. The third-order valence-electron chi connectivity index (χ3n) is 4.90. The highest BCUT2D eigenvalue weighted by atomic mass is 32.2. The van der Waals surface area contributed by atoms with Crippen LogP contribution in [0.3, 0.4) is 0 Å². The number of phenols is 1. The maximum atomic E-state index is 12.7. The summed E-state index contributed by atoms with van der Waals surface area (Å²) in [4.78, 5) is 26.4. The molecule has 2 atom stereocenters. The van der Waals surface area contributed by atoms with Crippen LogP contribution in [-0.4, -0.2) is 60.5 Å². The van der Waals surface area contributed by atoms with Crippen molar-refractivity contribution in [1.29, 1.82) is 0 Å². The smallest absolute Gasteiger partial charge is 0.311 e. The SMILES string of the molecule is CCN(C(=O)[C@H](C)OC(=O)Cc1coc2cc(O)ccc12)[C@@H]1CCS(=O)(=O)C1. The Morgan fingerprint density at radius 2 is 2.14 bits per heavy atom. The number of fused-ring (bicyclic) bond motifs is 1. The molecule has 152 valence electrons. The van der Waals surface area contributed by atoms with Crippen LogP contribution >= 0.6 is 0 Å². The summed E-state index contributed by atoms with van der Waals surface area (Å²) in [5, 5.41) is 10.1. The van der Waals surface area contributed by atoms with Gasteiger partial charge in [-0.2, -0.15) is 0 Å². The van der Waals surface area contributed by atoms with Gasteiger partial charge in [0.05, 0.1) is 24.2 Å². The van der Waals surface area contributed by atoms with Crippen LogP contribution in [0.25, 0.3) is 11.0 Å². The maximum absolute atomic E-state index is 12.7. The van der Waals surface area contributed by atoms with E-state index in [1.165, 1.54) is 30.2 Å². The zero-order valence-corrected chi connectivity index (χ0v) is 16.6. The molecule has 1 aromatic heterocycles. The van der Waals surface area contributed by atoms with E-state index in [1.807, 2.05) is 0 Å². The Morgan fingerprint density at radius 3 is 2.79 bits per heavy atom. The molecule has 3 rings (SSSR count). The summed E-state index contributed by atoms with van der Waals surface area (Å²) in [5.41, 5.74) is 1.04. The van der Waals surface area contributed by atoms with E-state index in [0.717, 1.165) is 0 Å². The number of sulfone groups is 1. The lowest BCUT2D eigenvalue weighted by Gasteiger charge is -2.29. The molecule has 0 bridgehead atoms. The molecular weight excluding hydrogens is 386 g/mol. The van der Waals surface area contributed by atoms with Crippen LogP contribution in [0.4, 0.5) is 0 Å². The fraction of sp³-hybridized carbons (Fsp3) is 0.474. The third-order valence-corrected chi connectivity index (χ3v) is 6.65. The van der Waals surface area contributed by atoms with Crippen molar-refractivity contribution in [2.24, 2.45) is 0 Å². The molecule has 28 heavy (non-hydrogen) atoms. The van der Waals surface area contributed by atoms with Gasteiger partial charge in [-0.15, -0.1) is 0 Å². The topological polar surface area (TPSA) is 114 Å². The Labute approximate surface area is 163 Å². The molecule has 2 aromatic rings. The number of ether oxygens (including phenoxy) is 1. The highest BCUT2D eigenvalue weighted by molar-refractivity contribution is 7.91. The Kier molecular flexibility index (Phi) is 5.64. The van der Waals surface area contributed by atoms with Crippen LogP contribution in [0.1, 0.15) is 25.8 Å². The molecular formula is C19H23NO7S. The number of carbonyl (C=O) groups is 2. The second-order valence-corrected chi connectivity index (χ2v) is 9.16. The number of furan rings is 1. The predicted octanol–water partition coefficient (Wildman–Crippen LogP) is 1.65. The zero-order valence-electron chi connectivity index (χ0n) is 15.8. The molecule has 2 heterocycles. The molecule has 8 nitrogen and oxygen atoms in total. The normalized spacial score (nSPS) is 19.4. The van der Waals surface area contributed by atoms with Crippen molar-refractivity contribution in [3.05, 3.63) is 30.0 Å². The molecule has 1 fully saturated rings. The van der Waals surface area contributed by atoms with Gasteiger partial charge in [0.2, 0.25) is 0 Å². The van der Waals surface area contributed by atoms with Gasteiger partial charge in [0.1, 0.15) is 11.3 Å². The van der Waals surface area contributed by atoms with Crippen LogP contribution in [0.5, 0.6) is 5.75 Å². The first-order valence-corrected chi connectivity index (χ1v) is 10.9. The zero-order chi connectivity index (χ0) is 20.5. The Morgan fingerprint density at radius 1 is 1.39 bits per heavy atom. The number of benzene rings is 1. The van der Waals surface area contributed by atoms with Gasteiger partial charge in [-0.05, 0) is 32.4 Å². The minimum absolute atomic E-state index is 0.0545. The van der Waals surface area contributed by atoms with Gasteiger partial charge in [0.15, 0.2) is 15.9 Å². The van der Waals surface area contributed by atoms with E-state index in [-0.39, 0.29) is 29.7 Å². The lowest BCUT2D eigenvalue weighted by Crippen LogP contribution is -2.46. The average Bonchev–Trinajstić information content (AvgIpc) is 3.18. The average molecular weight is 409 g/mol. The summed E-state index contributed by atoms with van der Waals surface area (Å²) < 4.78 is 34.0. The molecule has 0 radical (unpaired) electrons. The molecule has 0 saturated carbocycles. The number of likely N-dealkylation sites (N-methyl/N-ethyl adjacent to an activating group) is 1. The number of carbonyl (C=O) groups excluding carboxylic acids is 2. The van der Waals surface area contributed by atoms with Gasteiger partial charge >= 0.3 is 5.97 Å². The monoisotopic (exact) mass is 409 g/mol. The molecule has 9 heteroatoms. The molecule has 0 spiro atoms. The largest absolute Gasteiger partial charge is 0.508 e. The van der Waals surface area contributed by atoms with Crippen molar-refractivity contribution in [3.63, 3.8) is 0 Å². The van der Waals surface area contributed by atoms with E-state index in [9.17, 15) is 23.1 Å². The molecule has 1 N–H and O–H groups in total. The van der Waals surface area contributed by atoms with Crippen molar-refractivity contribution in [2.75, 3.05) is 18.1 Å². The fourth-order valence-corrected chi connectivity index (χ4v) is 5.23. The van der Waals surface area contributed by atoms with E-state index in [0.29, 0.717) is 29.5 Å². The Bertz CT molecular complexity index is 995. The van der Waals surface area contributed by atoms with E-state index < -0.39 is 27.8 Å². The number of phenolic OH excluding ortho intramolecular Hbond substituents is 1. The second kappa shape index (κ2) is 7.83. The molecule has 0 aliphatic carbocycles. The van der Waals surface area contributed by atoms with Gasteiger partial charge in [-0.25, -0.2) is 8.42 Å². The molecule has 1 aliphatic rings. The van der Waals surface area contributed by atoms with Crippen molar-refractivity contribution in [2.45, 2.75) is 38.8 Å². The summed E-state index contributed by atoms with van der Waals surface area (Å²) in [6, 6.07) is 4.21. The molecule has 1 aliphatic heterocycles. The minimum Gasteiger partial charge on any atom is -0.508 e. The number of hydrogen-bond acceptors (Lipinski definition) is 7. The summed E-state index contributed by atoms with van der Waals surface area (Å²) in [6.45, 7) is 3.60.